The zero-order chi connectivity index (χ0) is 22.2. The first-order valence-electron chi connectivity index (χ1n) is 9.36. The number of nitrogens with one attached hydrogen (secondary N) is 2. The smallest absolute Gasteiger partial charge is 0.339 e. The largest absolute Gasteiger partial charge is 0.493 e. The van der Waals surface area contributed by atoms with Gasteiger partial charge in [-0.25, -0.2) is 10.2 Å². The number of aryl methyl sites for hydroxylation is 1. The highest BCUT2D eigenvalue weighted by Crippen LogP contribution is 2.34. The van der Waals surface area contributed by atoms with Gasteiger partial charge in [-0.2, -0.15) is 5.10 Å². The second-order valence-corrected chi connectivity index (χ2v) is 8.67. The fourth-order valence-corrected chi connectivity index (χ4v) is 3.76. The van der Waals surface area contributed by atoms with Crippen LogP contribution in [0.3, 0.4) is 0 Å². The quantitative estimate of drug-likeness (QED) is 0.197. The average molecular weight is 594 g/mol. The monoisotopic (exact) mass is 593 g/mol. The lowest BCUT2D eigenvalue weighted by Crippen LogP contribution is -2.24. The summed E-state index contributed by atoms with van der Waals surface area (Å²) in [5.41, 5.74) is 6.00. The Morgan fingerprint density at radius 3 is 2.61 bits per heavy atom. The lowest BCUT2D eigenvalue weighted by atomic mass is 10.2. The predicted octanol–water partition coefficient (Wildman–Crippen LogP) is 6.11. The summed E-state index contributed by atoms with van der Waals surface area (Å²) < 4.78 is 13.4. The second-order valence-electron chi connectivity index (χ2n) is 6.59. The number of halogens is 2. The van der Waals surface area contributed by atoms with Gasteiger partial charge in [-0.3, -0.25) is 0 Å². The van der Waals surface area contributed by atoms with Gasteiger partial charge in [0.1, 0.15) is 6.61 Å². The number of hydrogen-bond acceptors (Lipinski definition) is 4. The van der Waals surface area contributed by atoms with Crippen molar-refractivity contribution in [1.29, 1.82) is 0 Å². The van der Waals surface area contributed by atoms with Gasteiger partial charge in [-0.05, 0) is 76.5 Å². The molecule has 0 aliphatic rings. The number of benzene rings is 3. The number of nitrogens with zero attached hydrogens (tertiary/aromatic N) is 1. The maximum atomic E-state index is 12.1. The maximum Gasteiger partial charge on any atom is 0.339 e. The van der Waals surface area contributed by atoms with Crippen LogP contribution >= 0.6 is 38.5 Å². The van der Waals surface area contributed by atoms with Gasteiger partial charge in [0.05, 0.1) is 16.9 Å². The summed E-state index contributed by atoms with van der Waals surface area (Å²) in [6.07, 6.45) is 1.56. The van der Waals surface area contributed by atoms with E-state index >= 15 is 0 Å². The van der Waals surface area contributed by atoms with E-state index in [1.54, 1.807) is 13.3 Å². The summed E-state index contributed by atoms with van der Waals surface area (Å²) in [5, 5.41) is 6.79. The number of amides is 2. The first-order chi connectivity index (χ1) is 15.0. The Morgan fingerprint density at radius 1 is 1.16 bits per heavy atom. The minimum absolute atomic E-state index is 0.415. The van der Waals surface area contributed by atoms with Crippen LogP contribution < -0.4 is 20.2 Å². The van der Waals surface area contributed by atoms with Gasteiger partial charge in [0.15, 0.2) is 11.5 Å². The molecule has 0 saturated carbocycles. The van der Waals surface area contributed by atoms with E-state index in [-0.39, 0.29) is 0 Å². The van der Waals surface area contributed by atoms with Crippen LogP contribution in [0, 0.1) is 10.5 Å². The summed E-state index contributed by atoms with van der Waals surface area (Å²) in [6.45, 7) is 2.35. The highest BCUT2D eigenvalue weighted by Gasteiger charge is 2.12. The molecule has 0 aromatic heterocycles. The van der Waals surface area contributed by atoms with E-state index < -0.39 is 6.03 Å². The van der Waals surface area contributed by atoms with Crippen LogP contribution in [0.5, 0.6) is 11.5 Å². The molecule has 0 unspecified atom stereocenters. The molecule has 6 nitrogen and oxygen atoms in total. The molecule has 3 aromatic rings. The maximum absolute atomic E-state index is 12.1. The minimum Gasteiger partial charge on any atom is -0.493 e. The number of para-hydroxylation sites is 1. The Kier molecular flexibility index (Phi) is 8.30. The van der Waals surface area contributed by atoms with E-state index in [9.17, 15) is 4.79 Å². The lowest BCUT2D eigenvalue weighted by Gasteiger charge is -2.13. The molecule has 0 saturated heterocycles. The van der Waals surface area contributed by atoms with Crippen LogP contribution in [0.15, 0.2) is 70.2 Å². The highest BCUT2D eigenvalue weighted by atomic mass is 127. The highest BCUT2D eigenvalue weighted by molar-refractivity contribution is 14.1. The zero-order valence-corrected chi connectivity index (χ0v) is 20.7. The SMILES string of the molecule is COc1cc(C=NNC(=O)Nc2ccccc2C)cc(I)c1OCc1ccc(Br)cc1. The molecule has 31 heavy (non-hydrogen) atoms. The summed E-state index contributed by atoms with van der Waals surface area (Å²) >= 11 is 5.62. The molecule has 0 spiro atoms. The number of urea groups is 1. The summed E-state index contributed by atoms with van der Waals surface area (Å²) in [6, 6.07) is 18.8. The summed E-state index contributed by atoms with van der Waals surface area (Å²) in [7, 11) is 1.59. The molecule has 0 fully saturated rings. The van der Waals surface area contributed by atoms with Gasteiger partial charge in [-0.1, -0.05) is 46.3 Å². The Bertz CT molecular complexity index is 1090. The van der Waals surface area contributed by atoms with Crippen LogP contribution in [0.1, 0.15) is 16.7 Å². The third-order valence-corrected chi connectivity index (χ3v) is 5.65. The molecule has 0 atom stereocenters. The Balaban J connectivity index is 1.64. The number of hydrogen-bond donors (Lipinski definition) is 2. The van der Waals surface area contributed by atoms with Crippen molar-refractivity contribution in [3.05, 3.63) is 85.4 Å². The molecule has 0 radical (unpaired) electrons. The van der Waals surface area contributed by atoms with E-state index in [0.29, 0.717) is 18.1 Å². The van der Waals surface area contributed by atoms with Gasteiger partial charge in [0.25, 0.3) is 0 Å². The Labute approximate surface area is 203 Å². The number of hydrazone groups is 1. The van der Waals surface area contributed by atoms with Crippen LogP contribution in [-0.2, 0) is 6.61 Å². The van der Waals surface area contributed by atoms with Gasteiger partial charge in [-0.15, -0.1) is 0 Å². The molecule has 2 amide bonds. The van der Waals surface area contributed by atoms with Crippen molar-refractivity contribution < 1.29 is 14.3 Å². The zero-order valence-electron chi connectivity index (χ0n) is 17.0. The number of anilines is 1. The molecule has 3 aromatic carbocycles. The van der Waals surface area contributed by atoms with E-state index in [2.05, 4.69) is 54.4 Å². The number of carbonyl (C=O) groups excluding carboxylic acids is 1. The molecule has 0 heterocycles. The van der Waals surface area contributed by atoms with Crippen LogP contribution in [0.25, 0.3) is 0 Å². The van der Waals surface area contributed by atoms with Crippen molar-refractivity contribution >= 4 is 56.5 Å². The molecule has 8 heteroatoms. The lowest BCUT2D eigenvalue weighted by molar-refractivity contribution is 0.252. The average Bonchev–Trinajstić information content (AvgIpc) is 2.75. The normalized spacial score (nSPS) is 10.7. The molecule has 160 valence electrons. The van der Waals surface area contributed by atoms with E-state index in [1.165, 1.54) is 0 Å². The number of rotatable bonds is 7. The molecule has 3 rings (SSSR count). The van der Waals surface area contributed by atoms with Crippen molar-refractivity contribution in [2.45, 2.75) is 13.5 Å². The van der Waals surface area contributed by atoms with Gasteiger partial charge >= 0.3 is 6.03 Å². The number of carbonyl (C=O) groups is 1. The van der Waals surface area contributed by atoms with Gasteiger partial charge < -0.3 is 14.8 Å². The molecule has 0 bridgehead atoms. The first kappa shape index (κ1) is 23.1. The third kappa shape index (κ3) is 6.70. The van der Waals surface area contributed by atoms with Gasteiger partial charge in [0.2, 0.25) is 0 Å². The fraction of sp³-hybridized carbons (Fsp3) is 0.130. The van der Waals surface area contributed by atoms with Crippen LogP contribution in [0.2, 0.25) is 0 Å². The predicted molar refractivity (Wildman–Crippen MR) is 135 cm³/mol. The molecule has 2 N–H and O–H groups in total. The van der Waals surface area contributed by atoms with Crippen molar-refractivity contribution in [1.82, 2.24) is 5.43 Å². The minimum atomic E-state index is -0.415. The third-order valence-electron chi connectivity index (χ3n) is 4.32. The summed E-state index contributed by atoms with van der Waals surface area (Å²) in [5.74, 6) is 1.25. The Morgan fingerprint density at radius 2 is 1.90 bits per heavy atom. The second kappa shape index (κ2) is 11.1. The molecule has 0 aliphatic carbocycles. The van der Waals surface area contributed by atoms with E-state index in [0.717, 1.165) is 30.4 Å². The molecule has 0 aliphatic heterocycles. The first-order valence-corrected chi connectivity index (χ1v) is 11.2. The number of ether oxygens (including phenoxy) is 2. The topological polar surface area (TPSA) is 72.0 Å². The summed E-state index contributed by atoms with van der Waals surface area (Å²) in [4.78, 5) is 12.1. The van der Waals surface area contributed by atoms with Crippen molar-refractivity contribution in [3.8, 4) is 11.5 Å². The fourth-order valence-electron chi connectivity index (χ4n) is 2.72. The van der Waals surface area contributed by atoms with E-state index in [4.69, 9.17) is 9.47 Å². The van der Waals surface area contributed by atoms with Crippen LogP contribution in [-0.4, -0.2) is 19.4 Å². The van der Waals surface area contributed by atoms with Gasteiger partial charge in [0, 0.05) is 10.2 Å². The van der Waals surface area contributed by atoms with Crippen molar-refractivity contribution in [3.63, 3.8) is 0 Å². The van der Waals surface area contributed by atoms with E-state index in [1.807, 2.05) is 67.6 Å². The molecular weight excluding hydrogens is 573 g/mol. The number of methoxy groups -OCH3 is 1. The Hall–Kier alpha value is -2.59. The van der Waals surface area contributed by atoms with Crippen molar-refractivity contribution in [2.75, 3.05) is 12.4 Å². The van der Waals surface area contributed by atoms with Crippen molar-refractivity contribution in [2.24, 2.45) is 5.10 Å². The standard InChI is InChI=1S/C23H21BrIN3O3/c1-15-5-3-4-6-20(15)27-23(29)28-26-13-17-11-19(25)22(21(12-17)30-2)31-14-16-7-9-18(24)10-8-16/h3-13H,14H2,1-2H3,(H2,27,28,29). The molecular formula is C23H21BrIN3O3. The van der Waals surface area contributed by atoms with Crippen LogP contribution in [0.4, 0.5) is 10.5 Å².